The lowest BCUT2D eigenvalue weighted by Gasteiger charge is -2.21. The summed E-state index contributed by atoms with van der Waals surface area (Å²) in [5, 5.41) is 20.8. The van der Waals surface area contributed by atoms with Gasteiger partial charge in [0, 0.05) is 6.42 Å². The van der Waals surface area contributed by atoms with Gasteiger partial charge in [-0.3, -0.25) is 4.79 Å². The van der Waals surface area contributed by atoms with Crippen molar-refractivity contribution >= 4 is 5.78 Å². The van der Waals surface area contributed by atoms with Crippen molar-refractivity contribution in [3.05, 3.63) is 11.6 Å². The van der Waals surface area contributed by atoms with Gasteiger partial charge in [0.2, 0.25) is 0 Å². The molecule has 6 atom stereocenters. The number of ketones is 1. The molecule has 0 saturated carbocycles. The minimum absolute atomic E-state index is 0.179. The fourth-order valence-electron chi connectivity index (χ4n) is 7.22. The van der Waals surface area contributed by atoms with Crippen molar-refractivity contribution in [2.75, 3.05) is 0 Å². The summed E-state index contributed by atoms with van der Waals surface area (Å²) in [4.78, 5) is 11.9. The van der Waals surface area contributed by atoms with E-state index in [0.29, 0.717) is 24.5 Å². The van der Waals surface area contributed by atoms with Gasteiger partial charge in [-0.05, 0) is 62.9 Å². The van der Waals surface area contributed by atoms with Gasteiger partial charge >= 0.3 is 0 Å². The number of rotatable bonds is 29. The molecular weight excluding hydrogens is 550 g/mol. The third-order valence-corrected chi connectivity index (χ3v) is 10.1. The number of Topliss-reactive ketones (excluding diaryl/α,β-unsaturated/α-hetero) is 1. The Labute approximate surface area is 271 Å². The SMILES string of the molecule is CCCCCCCCCCCCCC[C@@H](O)[C@H]1CC[C@H](C([18F])CCCCCCCCC[C@H](O)CCCC2=C[C@H](C)CC2=O)O1. The van der Waals surface area contributed by atoms with Crippen molar-refractivity contribution in [1.29, 1.82) is 0 Å². The van der Waals surface area contributed by atoms with E-state index in [-0.39, 0.29) is 18.3 Å². The lowest BCUT2D eigenvalue weighted by atomic mass is 10.00. The third kappa shape index (κ3) is 18.4. The minimum atomic E-state index is -0.910. The van der Waals surface area contributed by atoms with Crippen molar-refractivity contribution in [3.8, 4) is 0 Å². The van der Waals surface area contributed by atoms with Crippen molar-refractivity contribution in [2.45, 2.75) is 224 Å². The molecule has 0 amide bonds. The van der Waals surface area contributed by atoms with Gasteiger partial charge in [0.15, 0.2) is 5.78 Å². The van der Waals surface area contributed by atoms with Crippen molar-refractivity contribution < 1.29 is 24.1 Å². The smallest absolute Gasteiger partial charge is 0.159 e. The van der Waals surface area contributed by atoms with E-state index in [1.54, 1.807) is 0 Å². The molecule has 1 saturated heterocycles. The molecule has 2 N–H and O–H groups in total. The highest BCUT2D eigenvalue weighted by Crippen LogP contribution is 2.30. The average Bonchev–Trinajstić information content (AvgIpc) is 3.63. The second-order valence-electron chi connectivity index (χ2n) is 14.4. The molecule has 2 rings (SSSR count). The molecule has 5 heteroatoms. The molecular formula is C39H71FO4. The summed E-state index contributed by atoms with van der Waals surface area (Å²) in [7, 11) is 0. The van der Waals surface area contributed by atoms with E-state index in [9.17, 15) is 19.4 Å². The molecule has 0 spiro atoms. The number of allylic oxidation sites excluding steroid dienone is 2. The van der Waals surface area contributed by atoms with Crippen molar-refractivity contribution in [2.24, 2.45) is 5.92 Å². The van der Waals surface area contributed by atoms with Crippen LogP contribution in [0.5, 0.6) is 0 Å². The highest BCUT2D eigenvalue weighted by molar-refractivity contribution is 5.97. The number of unbranched alkanes of at least 4 members (excludes halogenated alkanes) is 17. The van der Waals surface area contributed by atoms with E-state index in [0.717, 1.165) is 89.0 Å². The van der Waals surface area contributed by atoms with Gasteiger partial charge in [-0.1, -0.05) is 142 Å². The van der Waals surface area contributed by atoms with Crippen LogP contribution < -0.4 is 0 Å². The van der Waals surface area contributed by atoms with Crippen LogP contribution in [0.4, 0.5) is 4.39 Å². The zero-order valence-corrected chi connectivity index (χ0v) is 28.9. The first kappa shape index (κ1) is 39.4. The number of ether oxygens (including phenoxy) is 1. The second-order valence-corrected chi connectivity index (χ2v) is 14.4. The molecule has 1 unspecified atom stereocenters. The standard InChI is InChI=1S/C39H71FO4/c1-3-4-5-6-7-8-9-10-11-15-18-21-27-36(42)39-29-28-38(44-39)35(40)26-20-17-14-12-13-16-19-24-34(41)25-22-23-33-30-32(2)31-37(33)43/h30,32,34-36,38-39,41-42H,3-29,31H2,1-2H3/t32-,34-,35?,36+,38+,39+/m0/s1/i40-1. The molecule has 1 fully saturated rings. The molecule has 258 valence electrons. The first-order chi connectivity index (χ1) is 21.4. The Morgan fingerprint density at radius 1 is 0.705 bits per heavy atom. The number of halogens is 1. The fourth-order valence-corrected chi connectivity index (χ4v) is 7.22. The van der Waals surface area contributed by atoms with E-state index in [4.69, 9.17) is 4.74 Å². The number of carbonyl (C=O) groups is 1. The molecule has 1 aliphatic heterocycles. The van der Waals surface area contributed by atoms with Gasteiger partial charge < -0.3 is 14.9 Å². The molecule has 0 aromatic carbocycles. The predicted molar refractivity (Wildman–Crippen MR) is 183 cm³/mol. The van der Waals surface area contributed by atoms with Gasteiger partial charge in [0.1, 0.15) is 6.17 Å². The summed E-state index contributed by atoms with van der Waals surface area (Å²) in [6, 6.07) is 0. The number of hydrogen-bond acceptors (Lipinski definition) is 4. The normalized spacial score (nSPS) is 22.4. The number of aliphatic hydroxyl groups is 2. The summed E-state index contributed by atoms with van der Waals surface area (Å²) < 4.78 is 20.8. The Morgan fingerprint density at radius 3 is 1.73 bits per heavy atom. The van der Waals surface area contributed by atoms with Crippen molar-refractivity contribution in [1.82, 2.24) is 0 Å². The van der Waals surface area contributed by atoms with E-state index in [1.807, 2.05) is 0 Å². The summed E-state index contributed by atoms with van der Waals surface area (Å²) in [6.07, 6.45) is 30.3. The summed E-state index contributed by atoms with van der Waals surface area (Å²) >= 11 is 0. The monoisotopic (exact) mass is 622 g/mol. The first-order valence-electron chi connectivity index (χ1n) is 19.3. The van der Waals surface area contributed by atoms with Gasteiger partial charge in [-0.25, -0.2) is 4.39 Å². The van der Waals surface area contributed by atoms with E-state index in [2.05, 4.69) is 19.9 Å². The van der Waals surface area contributed by atoms with E-state index >= 15 is 0 Å². The summed E-state index contributed by atoms with van der Waals surface area (Å²) in [5.41, 5.74) is 0.975. The van der Waals surface area contributed by atoms with Crippen LogP contribution in [0.2, 0.25) is 0 Å². The van der Waals surface area contributed by atoms with Crippen LogP contribution in [-0.4, -0.2) is 46.6 Å². The third-order valence-electron chi connectivity index (χ3n) is 10.1. The predicted octanol–water partition coefficient (Wildman–Crippen LogP) is 10.9. The number of carbonyl (C=O) groups excluding carboxylic acids is 1. The highest BCUT2D eigenvalue weighted by atomic mass is 18.2. The molecule has 0 aromatic heterocycles. The second kappa shape index (κ2) is 25.3. The molecule has 1 aliphatic carbocycles. The lowest BCUT2D eigenvalue weighted by molar-refractivity contribution is -0.115. The van der Waals surface area contributed by atoms with E-state index in [1.165, 1.54) is 83.5 Å². The van der Waals surface area contributed by atoms with Crippen LogP contribution in [-0.2, 0) is 9.53 Å². The average molecular weight is 622 g/mol. The van der Waals surface area contributed by atoms with Crippen LogP contribution in [0.1, 0.15) is 194 Å². The zero-order chi connectivity index (χ0) is 31.8. The van der Waals surface area contributed by atoms with Gasteiger partial charge in [-0.15, -0.1) is 0 Å². The molecule has 4 nitrogen and oxygen atoms in total. The molecule has 1 heterocycles. The molecule has 2 aliphatic rings. The molecule has 44 heavy (non-hydrogen) atoms. The maximum absolute atomic E-state index is 14.8. The Morgan fingerprint density at radius 2 is 1.18 bits per heavy atom. The van der Waals surface area contributed by atoms with Crippen LogP contribution in [0, 0.1) is 5.92 Å². The summed E-state index contributed by atoms with van der Waals surface area (Å²) in [5.74, 6) is 0.679. The van der Waals surface area contributed by atoms with Gasteiger partial charge in [-0.2, -0.15) is 0 Å². The van der Waals surface area contributed by atoms with Crippen LogP contribution in [0.25, 0.3) is 0 Å². The first-order valence-corrected chi connectivity index (χ1v) is 19.3. The zero-order valence-electron chi connectivity index (χ0n) is 28.9. The van der Waals surface area contributed by atoms with Gasteiger partial charge in [0.25, 0.3) is 0 Å². The minimum Gasteiger partial charge on any atom is -0.393 e. The van der Waals surface area contributed by atoms with Crippen molar-refractivity contribution in [3.63, 3.8) is 0 Å². The van der Waals surface area contributed by atoms with E-state index < -0.39 is 12.3 Å². The van der Waals surface area contributed by atoms with Crippen LogP contribution >= 0.6 is 0 Å². The molecule has 0 radical (unpaired) electrons. The van der Waals surface area contributed by atoms with Crippen LogP contribution in [0.3, 0.4) is 0 Å². The van der Waals surface area contributed by atoms with Crippen LogP contribution in [0.15, 0.2) is 11.6 Å². The Kier molecular flexibility index (Phi) is 22.7. The largest absolute Gasteiger partial charge is 0.393 e. The fraction of sp³-hybridized carbons (Fsp3) is 0.923. The Hall–Kier alpha value is -0.780. The lowest BCUT2D eigenvalue weighted by Crippen LogP contribution is -2.29. The quantitative estimate of drug-likeness (QED) is 0.0816. The highest BCUT2D eigenvalue weighted by Gasteiger charge is 2.34. The number of aliphatic hydroxyl groups excluding tert-OH is 2. The maximum Gasteiger partial charge on any atom is 0.159 e. The molecule has 0 bridgehead atoms. The number of hydrogen-bond donors (Lipinski definition) is 2. The number of alkyl halides is 1. The topological polar surface area (TPSA) is 66.8 Å². The van der Waals surface area contributed by atoms with Gasteiger partial charge in [0.05, 0.1) is 24.4 Å². The maximum atomic E-state index is 14.8. The Balaban J connectivity index is 1.35. The summed E-state index contributed by atoms with van der Waals surface area (Å²) in [6.45, 7) is 4.36. The Bertz CT molecular complexity index is 740. The molecule has 0 aromatic rings.